The Labute approximate surface area is 203 Å². The monoisotopic (exact) mass is 488 g/mol. The summed E-state index contributed by atoms with van der Waals surface area (Å²) in [6.45, 7) is 3.86. The Hall–Kier alpha value is -2.02. The van der Waals surface area contributed by atoms with Crippen molar-refractivity contribution >= 4 is 40.9 Å². The first-order valence-corrected chi connectivity index (χ1v) is 12.7. The molecular weight excluding hydrogens is 463 g/mol. The van der Waals surface area contributed by atoms with E-state index in [0.29, 0.717) is 16.5 Å². The van der Waals surface area contributed by atoms with Gasteiger partial charge in [0.15, 0.2) is 11.0 Å². The second-order valence-corrected chi connectivity index (χ2v) is 9.88. The molecule has 0 atom stereocenters. The van der Waals surface area contributed by atoms with Crippen LogP contribution in [0.3, 0.4) is 0 Å². The zero-order valence-corrected chi connectivity index (χ0v) is 20.4. The van der Waals surface area contributed by atoms with Crippen molar-refractivity contribution in [2.24, 2.45) is 0 Å². The summed E-state index contributed by atoms with van der Waals surface area (Å²) in [5.74, 6) is 1.79. The number of nitrogens with zero attached hydrogens (tertiary/aromatic N) is 4. The van der Waals surface area contributed by atoms with E-state index in [0.717, 1.165) is 60.3 Å². The molecule has 1 aliphatic heterocycles. The second kappa shape index (κ2) is 10.7. The van der Waals surface area contributed by atoms with Gasteiger partial charge in [0.1, 0.15) is 0 Å². The number of likely N-dealkylation sites (tertiary alicyclic amines) is 1. The molecule has 5 nitrogen and oxygen atoms in total. The molecule has 0 saturated carbocycles. The minimum atomic E-state index is 0.261. The summed E-state index contributed by atoms with van der Waals surface area (Å²) < 4.78 is 2.00. The number of amides is 1. The van der Waals surface area contributed by atoms with E-state index in [1.54, 1.807) is 17.8 Å². The van der Waals surface area contributed by atoms with Gasteiger partial charge in [-0.25, -0.2) is 0 Å². The highest BCUT2D eigenvalue weighted by Gasteiger charge is 2.19. The molecule has 2 aromatic carbocycles. The topological polar surface area (TPSA) is 51.0 Å². The standard InChI is InChI=1S/C24H26Cl2N4OS/c1-17-7-9-18(10-8-17)23-27-28-24(30(23)19-11-12-20(25)21(26)16-19)32-15-5-6-22(31)29-13-3-2-4-14-29/h7-12,16H,2-6,13-15H2,1H3. The van der Waals surface area contributed by atoms with E-state index in [4.69, 9.17) is 23.2 Å². The van der Waals surface area contributed by atoms with Gasteiger partial charge in [0.05, 0.1) is 15.7 Å². The number of aryl methyl sites for hydroxylation is 1. The molecule has 168 valence electrons. The first kappa shape index (κ1) is 23.1. The Kier molecular flexibility index (Phi) is 7.76. The molecule has 0 radical (unpaired) electrons. The lowest BCUT2D eigenvalue weighted by Crippen LogP contribution is -2.35. The number of hydrogen-bond acceptors (Lipinski definition) is 4. The molecular formula is C24H26Cl2N4OS. The van der Waals surface area contributed by atoms with Crippen LogP contribution in [0.25, 0.3) is 17.1 Å². The summed E-state index contributed by atoms with van der Waals surface area (Å²) in [6, 6.07) is 13.7. The zero-order chi connectivity index (χ0) is 22.5. The first-order valence-electron chi connectivity index (χ1n) is 10.9. The molecule has 0 aliphatic carbocycles. The first-order chi connectivity index (χ1) is 15.5. The van der Waals surface area contributed by atoms with Gasteiger partial charge < -0.3 is 4.90 Å². The van der Waals surface area contributed by atoms with E-state index in [9.17, 15) is 4.79 Å². The van der Waals surface area contributed by atoms with Crippen LogP contribution < -0.4 is 0 Å². The Morgan fingerprint density at radius 3 is 2.47 bits per heavy atom. The molecule has 1 aliphatic rings. The fourth-order valence-corrected chi connectivity index (χ4v) is 4.98. The lowest BCUT2D eigenvalue weighted by Gasteiger charge is -2.26. The van der Waals surface area contributed by atoms with Crippen molar-refractivity contribution in [3.8, 4) is 17.1 Å². The molecule has 1 fully saturated rings. The van der Waals surface area contributed by atoms with Crippen LogP contribution in [0.5, 0.6) is 0 Å². The van der Waals surface area contributed by atoms with Gasteiger partial charge in [0.2, 0.25) is 5.91 Å². The molecule has 0 N–H and O–H groups in total. The molecule has 8 heteroatoms. The molecule has 4 rings (SSSR count). The van der Waals surface area contributed by atoms with Crippen LogP contribution in [-0.4, -0.2) is 44.4 Å². The van der Waals surface area contributed by atoms with Crippen molar-refractivity contribution in [1.29, 1.82) is 0 Å². The van der Waals surface area contributed by atoms with Crippen LogP contribution in [0.2, 0.25) is 10.0 Å². The number of hydrogen-bond donors (Lipinski definition) is 0. The van der Waals surface area contributed by atoms with E-state index in [1.807, 2.05) is 33.7 Å². The molecule has 1 saturated heterocycles. The second-order valence-electron chi connectivity index (χ2n) is 8.00. The molecule has 0 unspecified atom stereocenters. The van der Waals surface area contributed by atoms with Crippen molar-refractivity contribution in [3.05, 3.63) is 58.1 Å². The fourth-order valence-electron chi connectivity index (χ4n) is 3.80. The van der Waals surface area contributed by atoms with Gasteiger partial charge in [0.25, 0.3) is 0 Å². The van der Waals surface area contributed by atoms with E-state index in [1.165, 1.54) is 12.0 Å². The van der Waals surface area contributed by atoms with Crippen LogP contribution in [0.1, 0.15) is 37.7 Å². The summed E-state index contributed by atoms with van der Waals surface area (Å²) in [7, 11) is 0. The van der Waals surface area contributed by atoms with Crippen molar-refractivity contribution in [2.45, 2.75) is 44.2 Å². The van der Waals surface area contributed by atoms with E-state index in [2.05, 4.69) is 29.3 Å². The van der Waals surface area contributed by atoms with Crippen molar-refractivity contribution in [1.82, 2.24) is 19.7 Å². The summed E-state index contributed by atoms with van der Waals surface area (Å²) in [6.07, 6.45) is 4.84. The SMILES string of the molecule is Cc1ccc(-c2nnc(SCCCC(=O)N3CCCCC3)n2-c2ccc(Cl)c(Cl)c2)cc1. The molecule has 32 heavy (non-hydrogen) atoms. The van der Waals surface area contributed by atoms with Gasteiger partial charge in [-0.05, 0) is 50.8 Å². The van der Waals surface area contributed by atoms with Crippen LogP contribution in [0.4, 0.5) is 0 Å². The predicted molar refractivity (Wildman–Crippen MR) is 132 cm³/mol. The van der Waals surface area contributed by atoms with Gasteiger partial charge in [-0.15, -0.1) is 10.2 Å². The number of carbonyl (C=O) groups excluding carboxylic acids is 1. The number of aromatic nitrogens is 3. The third-order valence-corrected chi connectivity index (χ3v) is 7.33. The Morgan fingerprint density at radius 1 is 1.00 bits per heavy atom. The van der Waals surface area contributed by atoms with E-state index < -0.39 is 0 Å². The third kappa shape index (κ3) is 5.48. The van der Waals surface area contributed by atoms with Crippen LogP contribution >= 0.6 is 35.0 Å². The molecule has 3 aromatic rings. The minimum Gasteiger partial charge on any atom is -0.343 e. The van der Waals surface area contributed by atoms with Crippen LogP contribution in [0, 0.1) is 6.92 Å². The van der Waals surface area contributed by atoms with Crippen molar-refractivity contribution in [3.63, 3.8) is 0 Å². The highest BCUT2D eigenvalue weighted by atomic mass is 35.5. The summed E-state index contributed by atoms with van der Waals surface area (Å²) >= 11 is 14.0. The number of carbonyl (C=O) groups is 1. The lowest BCUT2D eigenvalue weighted by molar-refractivity contribution is -0.132. The predicted octanol–water partition coefficient (Wildman–Crippen LogP) is 6.43. The lowest BCUT2D eigenvalue weighted by atomic mass is 10.1. The number of piperidine rings is 1. The van der Waals surface area contributed by atoms with Gasteiger partial charge in [-0.2, -0.15) is 0 Å². The summed E-state index contributed by atoms with van der Waals surface area (Å²) in [5, 5.41) is 10.7. The zero-order valence-electron chi connectivity index (χ0n) is 18.1. The molecule has 2 heterocycles. The average molecular weight is 489 g/mol. The highest BCUT2D eigenvalue weighted by molar-refractivity contribution is 7.99. The highest BCUT2D eigenvalue weighted by Crippen LogP contribution is 2.32. The van der Waals surface area contributed by atoms with Gasteiger partial charge in [0, 0.05) is 30.8 Å². The number of rotatable bonds is 7. The maximum Gasteiger partial charge on any atom is 0.222 e. The fraction of sp³-hybridized carbons (Fsp3) is 0.375. The number of halogens is 2. The Bertz CT molecular complexity index is 1080. The number of benzene rings is 2. The Balaban J connectivity index is 1.51. The average Bonchev–Trinajstić information content (AvgIpc) is 3.23. The van der Waals surface area contributed by atoms with Gasteiger partial charge >= 0.3 is 0 Å². The smallest absolute Gasteiger partial charge is 0.222 e. The normalized spacial score (nSPS) is 14.0. The minimum absolute atomic E-state index is 0.261. The maximum absolute atomic E-state index is 12.4. The van der Waals surface area contributed by atoms with Crippen LogP contribution in [0.15, 0.2) is 47.6 Å². The third-order valence-electron chi connectivity index (χ3n) is 5.58. The number of thioether (sulfide) groups is 1. The summed E-state index contributed by atoms with van der Waals surface area (Å²) in [4.78, 5) is 14.4. The maximum atomic E-state index is 12.4. The molecule has 0 spiro atoms. The van der Waals surface area contributed by atoms with E-state index >= 15 is 0 Å². The molecule has 0 bridgehead atoms. The van der Waals surface area contributed by atoms with Crippen LogP contribution in [-0.2, 0) is 4.79 Å². The molecule has 1 amide bonds. The van der Waals surface area contributed by atoms with Gasteiger partial charge in [-0.1, -0.05) is 64.8 Å². The Morgan fingerprint density at radius 2 is 1.75 bits per heavy atom. The summed E-state index contributed by atoms with van der Waals surface area (Å²) in [5.41, 5.74) is 3.01. The largest absolute Gasteiger partial charge is 0.343 e. The van der Waals surface area contributed by atoms with Crippen molar-refractivity contribution < 1.29 is 4.79 Å². The van der Waals surface area contributed by atoms with Crippen molar-refractivity contribution in [2.75, 3.05) is 18.8 Å². The van der Waals surface area contributed by atoms with Gasteiger partial charge in [-0.3, -0.25) is 9.36 Å². The van der Waals surface area contributed by atoms with E-state index in [-0.39, 0.29) is 5.91 Å². The quantitative estimate of drug-likeness (QED) is 0.283. The molecule has 1 aromatic heterocycles.